The second-order valence-electron chi connectivity index (χ2n) is 7.91. The highest BCUT2D eigenvalue weighted by Crippen LogP contribution is 2.22. The Bertz CT molecular complexity index is 984. The van der Waals surface area contributed by atoms with Gasteiger partial charge in [-0.3, -0.25) is 4.79 Å². The van der Waals surface area contributed by atoms with E-state index in [1.54, 1.807) is 0 Å². The van der Waals surface area contributed by atoms with Gasteiger partial charge in [-0.25, -0.2) is 9.97 Å². The average Bonchev–Trinajstić information content (AvgIpc) is 3.37. The zero-order valence-electron chi connectivity index (χ0n) is 18.0. The summed E-state index contributed by atoms with van der Waals surface area (Å²) in [7, 11) is 2.07. The fourth-order valence-corrected chi connectivity index (χ4v) is 3.82. The Balaban J connectivity index is 1.30. The van der Waals surface area contributed by atoms with Crippen molar-refractivity contribution in [1.82, 2.24) is 15.3 Å². The standard InChI is InChI=1S/C25H29N5O/c1-29(23-11-3-2-4-12-23)14-8-13-26-24(31)21-10-7-9-20(17-21)22-18-27-25(28-19-22)30-15-5-6-16-30/h2-4,7,9-12,17-19H,5-6,8,13-16H2,1H3,(H,26,31). The molecule has 6 nitrogen and oxygen atoms in total. The Kier molecular flexibility index (Phi) is 6.77. The van der Waals surface area contributed by atoms with Crippen molar-refractivity contribution < 1.29 is 4.79 Å². The highest BCUT2D eigenvalue weighted by atomic mass is 16.1. The maximum atomic E-state index is 12.6. The van der Waals surface area contributed by atoms with Crippen LogP contribution in [0.3, 0.4) is 0 Å². The molecule has 6 heteroatoms. The fraction of sp³-hybridized carbons (Fsp3) is 0.320. The van der Waals surface area contributed by atoms with Crippen molar-refractivity contribution in [3.05, 3.63) is 72.6 Å². The van der Waals surface area contributed by atoms with Crippen LogP contribution in [0.2, 0.25) is 0 Å². The van der Waals surface area contributed by atoms with Gasteiger partial charge in [0.05, 0.1) is 0 Å². The first-order valence-electron chi connectivity index (χ1n) is 10.9. The van der Waals surface area contributed by atoms with Crippen molar-refractivity contribution >= 4 is 17.5 Å². The Hall–Kier alpha value is -3.41. The van der Waals surface area contributed by atoms with Crippen molar-refractivity contribution in [2.75, 3.05) is 43.0 Å². The van der Waals surface area contributed by atoms with Gasteiger partial charge in [0.25, 0.3) is 5.91 Å². The predicted octanol–water partition coefficient (Wildman–Crippen LogP) is 4.00. The number of amides is 1. The Morgan fingerprint density at radius 1 is 1.00 bits per heavy atom. The molecular weight excluding hydrogens is 386 g/mol. The largest absolute Gasteiger partial charge is 0.375 e. The van der Waals surface area contributed by atoms with Crippen LogP contribution in [0, 0.1) is 0 Å². The van der Waals surface area contributed by atoms with Crippen LogP contribution in [0.25, 0.3) is 11.1 Å². The maximum Gasteiger partial charge on any atom is 0.251 e. The van der Waals surface area contributed by atoms with Gasteiger partial charge < -0.3 is 15.1 Å². The highest BCUT2D eigenvalue weighted by Gasteiger charge is 2.15. The molecule has 1 saturated heterocycles. The number of benzene rings is 2. The predicted molar refractivity (Wildman–Crippen MR) is 126 cm³/mol. The molecule has 0 atom stereocenters. The third-order valence-corrected chi connectivity index (χ3v) is 5.64. The minimum atomic E-state index is -0.0566. The lowest BCUT2D eigenvalue weighted by Gasteiger charge is -2.19. The molecule has 0 spiro atoms. The molecule has 0 bridgehead atoms. The molecule has 0 saturated carbocycles. The number of carbonyl (C=O) groups is 1. The monoisotopic (exact) mass is 415 g/mol. The number of carbonyl (C=O) groups excluding carboxylic acids is 1. The minimum absolute atomic E-state index is 0.0566. The Morgan fingerprint density at radius 3 is 2.48 bits per heavy atom. The average molecular weight is 416 g/mol. The van der Waals surface area contributed by atoms with Crippen molar-refractivity contribution in [3.8, 4) is 11.1 Å². The molecule has 4 rings (SSSR count). The Labute approximate surface area is 183 Å². The van der Waals surface area contributed by atoms with Crippen LogP contribution in [0.5, 0.6) is 0 Å². The Morgan fingerprint density at radius 2 is 1.74 bits per heavy atom. The second kappa shape index (κ2) is 10.1. The molecule has 0 aliphatic carbocycles. The zero-order chi connectivity index (χ0) is 21.5. The lowest BCUT2D eigenvalue weighted by molar-refractivity contribution is 0.0953. The molecular formula is C25H29N5O. The van der Waals surface area contributed by atoms with E-state index in [2.05, 4.69) is 44.3 Å². The van der Waals surface area contributed by atoms with E-state index < -0.39 is 0 Å². The van der Waals surface area contributed by atoms with Gasteiger partial charge in [0, 0.05) is 62.4 Å². The summed E-state index contributed by atoms with van der Waals surface area (Å²) >= 11 is 0. The molecule has 160 valence electrons. The van der Waals surface area contributed by atoms with Gasteiger partial charge in [0.15, 0.2) is 0 Å². The first kappa shape index (κ1) is 20.8. The van der Waals surface area contributed by atoms with Gasteiger partial charge in [-0.05, 0) is 49.1 Å². The minimum Gasteiger partial charge on any atom is -0.375 e. The quantitative estimate of drug-likeness (QED) is 0.564. The molecule has 1 aliphatic heterocycles. The van der Waals surface area contributed by atoms with Crippen molar-refractivity contribution in [3.63, 3.8) is 0 Å². The van der Waals surface area contributed by atoms with E-state index >= 15 is 0 Å². The summed E-state index contributed by atoms with van der Waals surface area (Å²) in [4.78, 5) is 26.1. The molecule has 1 aliphatic rings. The van der Waals surface area contributed by atoms with E-state index in [0.717, 1.165) is 43.1 Å². The van der Waals surface area contributed by atoms with Crippen LogP contribution >= 0.6 is 0 Å². The zero-order valence-corrected chi connectivity index (χ0v) is 18.0. The summed E-state index contributed by atoms with van der Waals surface area (Å²) in [6.07, 6.45) is 6.96. The van der Waals surface area contributed by atoms with E-state index in [9.17, 15) is 4.79 Å². The molecule has 2 aromatic carbocycles. The molecule has 1 aromatic heterocycles. The van der Waals surface area contributed by atoms with Crippen molar-refractivity contribution in [2.45, 2.75) is 19.3 Å². The van der Waals surface area contributed by atoms with Gasteiger partial charge in [0.1, 0.15) is 0 Å². The van der Waals surface area contributed by atoms with Crippen LogP contribution in [0.1, 0.15) is 29.6 Å². The van der Waals surface area contributed by atoms with Gasteiger partial charge in [-0.1, -0.05) is 30.3 Å². The van der Waals surface area contributed by atoms with E-state index in [0.29, 0.717) is 12.1 Å². The smallest absolute Gasteiger partial charge is 0.251 e. The van der Waals surface area contributed by atoms with Crippen LogP contribution in [0.4, 0.5) is 11.6 Å². The number of rotatable bonds is 8. The van der Waals surface area contributed by atoms with Crippen molar-refractivity contribution in [2.24, 2.45) is 0 Å². The van der Waals surface area contributed by atoms with Gasteiger partial charge >= 0.3 is 0 Å². The topological polar surface area (TPSA) is 61.4 Å². The summed E-state index contributed by atoms with van der Waals surface area (Å²) in [6.45, 7) is 3.56. The molecule has 0 radical (unpaired) electrons. The van der Waals surface area contributed by atoms with E-state index in [-0.39, 0.29) is 5.91 Å². The lowest BCUT2D eigenvalue weighted by Crippen LogP contribution is -2.28. The maximum absolute atomic E-state index is 12.6. The SMILES string of the molecule is CN(CCCNC(=O)c1cccc(-c2cnc(N3CCCC3)nc2)c1)c1ccccc1. The molecule has 1 N–H and O–H groups in total. The first-order chi connectivity index (χ1) is 15.2. The number of para-hydroxylation sites is 1. The highest BCUT2D eigenvalue weighted by molar-refractivity contribution is 5.95. The summed E-state index contributed by atoms with van der Waals surface area (Å²) in [5.41, 5.74) is 3.70. The van der Waals surface area contributed by atoms with E-state index in [4.69, 9.17) is 0 Å². The number of hydrogen-bond acceptors (Lipinski definition) is 5. The fourth-order valence-electron chi connectivity index (χ4n) is 3.82. The van der Waals surface area contributed by atoms with Crippen molar-refractivity contribution in [1.29, 1.82) is 0 Å². The van der Waals surface area contributed by atoms with E-state index in [1.807, 2.05) is 54.9 Å². The van der Waals surface area contributed by atoms with Crippen LogP contribution < -0.4 is 15.1 Å². The van der Waals surface area contributed by atoms with Crippen LogP contribution in [-0.4, -0.2) is 49.1 Å². The molecule has 3 aromatic rings. The first-order valence-corrected chi connectivity index (χ1v) is 10.9. The van der Waals surface area contributed by atoms with Gasteiger partial charge in [-0.2, -0.15) is 0 Å². The van der Waals surface area contributed by atoms with Crippen LogP contribution in [0.15, 0.2) is 67.0 Å². The number of hydrogen-bond donors (Lipinski definition) is 1. The molecule has 2 heterocycles. The molecule has 1 fully saturated rings. The summed E-state index contributed by atoms with van der Waals surface area (Å²) in [5.74, 6) is 0.731. The summed E-state index contributed by atoms with van der Waals surface area (Å²) in [6, 6.07) is 17.9. The van der Waals surface area contributed by atoms with E-state index in [1.165, 1.54) is 18.5 Å². The summed E-state index contributed by atoms with van der Waals surface area (Å²) in [5, 5.41) is 3.03. The normalized spacial score (nSPS) is 13.3. The van der Waals surface area contributed by atoms with Gasteiger partial charge in [-0.15, -0.1) is 0 Å². The third-order valence-electron chi connectivity index (χ3n) is 5.64. The molecule has 1 amide bonds. The number of aromatic nitrogens is 2. The van der Waals surface area contributed by atoms with Crippen LogP contribution in [-0.2, 0) is 0 Å². The molecule has 0 unspecified atom stereocenters. The third kappa shape index (κ3) is 5.40. The second-order valence-corrected chi connectivity index (χ2v) is 7.91. The number of nitrogens with one attached hydrogen (secondary N) is 1. The summed E-state index contributed by atoms with van der Waals surface area (Å²) < 4.78 is 0. The number of anilines is 2. The van der Waals surface area contributed by atoms with Gasteiger partial charge in [0.2, 0.25) is 5.95 Å². The lowest BCUT2D eigenvalue weighted by atomic mass is 10.1. The number of nitrogens with zero attached hydrogens (tertiary/aromatic N) is 4. The molecule has 31 heavy (non-hydrogen) atoms.